The van der Waals surface area contributed by atoms with Gasteiger partial charge in [0, 0.05) is 11.1 Å². The average molecular weight is 453 g/mol. The lowest BCUT2D eigenvalue weighted by molar-refractivity contribution is -0.139. The Balaban J connectivity index is 0.000000234. The summed E-state index contributed by atoms with van der Waals surface area (Å²) in [5.41, 5.74) is 1.35. The van der Waals surface area contributed by atoms with Crippen LogP contribution in [0.25, 0.3) is 0 Å². The summed E-state index contributed by atoms with van der Waals surface area (Å²) in [4.78, 5) is 38.6. The van der Waals surface area contributed by atoms with Crippen LogP contribution in [0.5, 0.6) is 0 Å². The van der Waals surface area contributed by atoms with E-state index in [2.05, 4.69) is 17.2 Å². The van der Waals surface area contributed by atoms with Crippen molar-refractivity contribution in [3.8, 4) is 0 Å². The minimum absolute atomic E-state index is 0.215. The molecule has 0 aromatic heterocycles. The lowest BCUT2D eigenvalue weighted by atomic mass is 10.1. The highest BCUT2D eigenvalue weighted by atomic mass is 16.6. The number of esters is 1. The maximum atomic E-state index is 11.7. The number of hydrogen-bond donors (Lipinski definition) is 2. The molecule has 7 heteroatoms. The number of rotatable bonds is 10. The molecule has 1 heterocycles. The zero-order valence-corrected chi connectivity index (χ0v) is 19.2. The second-order valence-electron chi connectivity index (χ2n) is 7.75. The highest BCUT2D eigenvalue weighted by molar-refractivity contribution is 6.06. The van der Waals surface area contributed by atoms with Crippen molar-refractivity contribution < 1.29 is 24.2 Å². The number of aliphatic carboxylic acids is 1. The topological polar surface area (TPSA) is 105 Å². The van der Waals surface area contributed by atoms with E-state index in [0.717, 1.165) is 37.7 Å². The largest absolute Gasteiger partial charge is 0.480 e. The highest BCUT2D eigenvalue weighted by Crippen LogP contribution is 2.17. The number of carbonyl (C=O) groups is 3. The lowest BCUT2D eigenvalue weighted by Gasteiger charge is -2.13. The van der Waals surface area contributed by atoms with Crippen molar-refractivity contribution in [2.75, 3.05) is 0 Å². The minimum atomic E-state index is -0.984. The molecule has 2 N–H and O–H groups in total. The summed E-state index contributed by atoms with van der Waals surface area (Å²) in [7, 11) is 0. The molecule has 0 bridgehead atoms. The zero-order chi connectivity index (χ0) is 24.1. The van der Waals surface area contributed by atoms with Gasteiger partial charge in [0.25, 0.3) is 5.91 Å². The number of unbranched alkanes of at least 4 members (excludes halogenated alkanes) is 2. The van der Waals surface area contributed by atoms with E-state index in [4.69, 9.17) is 9.84 Å². The molecule has 0 spiro atoms. The molecule has 1 aliphatic rings. The van der Waals surface area contributed by atoms with Gasteiger partial charge in [0.2, 0.25) is 5.90 Å². The summed E-state index contributed by atoms with van der Waals surface area (Å²) < 4.78 is 5.17. The van der Waals surface area contributed by atoms with Crippen molar-refractivity contribution in [1.29, 1.82) is 0 Å². The molecule has 2 unspecified atom stereocenters. The number of nitrogens with zero attached hydrogens (tertiary/aromatic N) is 1. The fourth-order valence-electron chi connectivity index (χ4n) is 3.17. The van der Waals surface area contributed by atoms with Crippen molar-refractivity contribution in [2.24, 2.45) is 4.99 Å². The van der Waals surface area contributed by atoms with E-state index in [0.29, 0.717) is 17.9 Å². The number of hydrogen-bond acceptors (Lipinski definition) is 5. The van der Waals surface area contributed by atoms with Crippen LogP contribution in [-0.2, 0) is 14.3 Å². The van der Waals surface area contributed by atoms with E-state index >= 15 is 0 Å². The number of carbonyl (C=O) groups excluding carboxylic acids is 2. The molecule has 176 valence electrons. The molecule has 0 radical (unpaired) electrons. The Morgan fingerprint density at radius 2 is 1.61 bits per heavy atom. The average Bonchev–Trinajstić information content (AvgIpc) is 3.22. The molecule has 33 heavy (non-hydrogen) atoms. The van der Waals surface area contributed by atoms with Crippen LogP contribution in [0.3, 0.4) is 0 Å². The van der Waals surface area contributed by atoms with Gasteiger partial charge in [0.05, 0.1) is 0 Å². The molecule has 0 saturated heterocycles. The number of benzene rings is 2. The smallest absolute Gasteiger partial charge is 0.337 e. The van der Waals surface area contributed by atoms with Gasteiger partial charge in [-0.2, -0.15) is 0 Å². The van der Waals surface area contributed by atoms with Crippen LogP contribution in [0.4, 0.5) is 0 Å². The molecule has 0 aliphatic carbocycles. The lowest BCUT2D eigenvalue weighted by Crippen LogP contribution is -2.40. The van der Waals surface area contributed by atoms with Gasteiger partial charge in [-0.15, -0.1) is 0 Å². The first kappa shape index (κ1) is 25.8. The Morgan fingerprint density at radius 3 is 2.18 bits per heavy atom. The van der Waals surface area contributed by atoms with Crippen LogP contribution < -0.4 is 5.32 Å². The van der Waals surface area contributed by atoms with Crippen LogP contribution in [0.15, 0.2) is 65.7 Å². The third kappa shape index (κ3) is 8.52. The van der Waals surface area contributed by atoms with E-state index in [9.17, 15) is 14.4 Å². The Hall–Kier alpha value is -3.48. The monoisotopic (exact) mass is 452 g/mol. The van der Waals surface area contributed by atoms with Gasteiger partial charge in [-0.3, -0.25) is 4.79 Å². The first-order chi connectivity index (χ1) is 16.0. The maximum absolute atomic E-state index is 11.7. The molecular formula is C26H32N2O5. The van der Waals surface area contributed by atoms with Crippen molar-refractivity contribution >= 4 is 23.7 Å². The van der Waals surface area contributed by atoms with Crippen molar-refractivity contribution in [2.45, 2.75) is 64.5 Å². The predicted octanol–water partition coefficient (Wildman–Crippen LogP) is 4.61. The van der Waals surface area contributed by atoms with Gasteiger partial charge in [-0.25, -0.2) is 14.6 Å². The summed E-state index contributed by atoms with van der Waals surface area (Å²) in [5.74, 6) is -1.07. The summed E-state index contributed by atoms with van der Waals surface area (Å²) in [6.07, 6.45) is 5.01. The Bertz CT molecular complexity index is 928. The Morgan fingerprint density at radius 1 is 1.00 bits per heavy atom. The third-order valence-electron chi connectivity index (χ3n) is 5.08. The number of amides is 1. The molecule has 0 saturated carbocycles. The van der Waals surface area contributed by atoms with E-state index in [-0.39, 0.29) is 17.9 Å². The SMILES string of the molecule is CCCCC(NC(=O)c1ccccc1)C(=O)O.CCCCC1N=C(c2ccccc2)OC1=O. The quantitative estimate of drug-likeness (QED) is 0.512. The summed E-state index contributed by atoms with van der Waals surface area (Å²) in [6.45, 7) is 4.08. The van der Waals surface area contributed by atoms with Gasteiger partial charge < -0.3 is 15.2 Å². The molecule has 2 aromatic carbocycles. The van der Waals surface area contributed by atoms with E-state index in [1.54, 1.807) is 24.3 Å². The summed E-state index contributed by atoms with van der Waals surface area (Å²) in [5, 5.41) is 11.5. The van der Waals surface area contributed by atoms with Crippen molar-refractivity contribution in [1.82, 2.24) is 5.32 Å². The van der Waals surface area contributed by atoms with Crippen LogP contribution in [0.1, 0.15) is 68.3 Å². The van der Waals surface area contributed by atoms with E-state index in [1.165, 1.54) is 0 Å². The zero-order valence-electron chi connectivity index (χ0n) is 19.2. The van der Waals surface area contributed by atoms with E-state index in [1.807, 2.05) is 43.3 Å². The molecular weight excluding hydrogens is 420 g/mol. The number of carboxylic acid groups (broad SMARTS) is 1. The number of carboxylic acids is 1. The molecule has 7 nitrogen and oxygen atoms in total. The number of cyclic esters (lactones) is 1. The van der Waals surface area contributed by atoms with Gasteiger partial charge >= 0.3 is 11.9 Å². The van der Waals surface area contributed by atoms with Gasteiger partial charge in [-0.1, -0.05) is 75.9 Å². The van der Waals surface area contributed by atoms with Crippen molar-refractivity contribution in [3.05, 3.63) is 71.8 Å². The summed E-state index contributed by atoms with van der Waals surface area (Å²) >= 11 is 0. The standard InChI is InChI=1S/C13H17NO3.C13H15NO2/c1-2-3-9-11(13(16)17)14-12(15)10-7-5-4-6-8-10;1-2-3-9-11-13(15)16-12(14-11)10-7-5-4-6-8-10/h4-8,11H,2-3,9H2,1H3,(H,14,15)(H,16,17);4-8,11H,2-3,9H2,1H3. The maximum Gasteiger partial charge on any atom is 0.337 e. The number of ether oxygens (including phenoxy) is 1. The van der Waals surface area contributed by atoms with Gasteiger partial charge in [0.15, 0.2) is 6.04 Å². The van der Waals surface area contributed by atoms with Crippen LogP contribution in [0, 0.1) is 0 Å². The van der Waals surface area contributed by atoms with Gasteiger partial charge in [-0.05, 0) is 37.1 Å². The fraction of sp³-hybridized carbons (Fsp3) is 0.385. The summed E-state index contributed by atoms with van der Waals surface area (Å²) in [6, 6.07) is 17.1. The van der Waals surface area contributed by atoms with Crippen LogP contribution in [0.2, 0.25) is 0 Å². The highest BCUT2D eigenvalue weighted by Gasteiger charge is 2.28. The molecule has 2 aromatic rings. The second-order valence-corrected chi connectivity index (χ2v) is 7.75. The molecule has 1 amide bonds. The van der Waals surface area contributed by atoms with Crippen LogP contribution in [-0.4, -0.2) is 40.9 Å². The number of nitrogens with one attached hydrogen (secondary N) is 1. The van der Waals surface area contributed by atoms with E-state index < -0.39 is 12.0 Å². The van der Waals surface area contributed by atoms with Gasteiger partial charge in [0.1, 0.15) is 6.04 Å². The first-order valence-corrected chi connectivity index (χ1v) is 11.4. The molecule has 1 aliphatic heterocycles. The molecule has 0 fully saturated rings. The minimum Gasteiger partial charge on any atom is -0.480 e. The molecule has 2 atom stereocenters. The first-order valence-electron chi connectivity index (χ1n) is 11.4. The fourth-order valence-corrected chi connectivity index (χ4v) is 3.17. The Kier molecular flexibility index (Phi) is 10.8. The normalized spacial score (nSPS) is 15.5. The Labute approximate surface area is 194 Å². The van der Waals surface area contributed by atoms with Crippen molar-refractivity contribution in [3.63, 3.8) is 0 Å². The van der Waals surface area contributed by atoms with Crippen LogP contribution >= 0.6 is 0 Å². The number of aliphatic imine (C=N–C) groups is 1. The second kappa shape index (κ2) is 13.8. The third-order valence-corrected chi connectivity index (χ3v) is 5.08. The predicted molar refractivity (Wildman–Crippen MR) is 127 cm³/mol. The molecule has 3 rings (SSSR count).